The first-order valence-electron chi connectivity index (χ1n) is 2.92. The van der Waals surface area contributed by atoms with Crippen molar-refractivity contribution in [3.05, 3.63) is 16.2 Å². The van der Waals surface area contributed by atoms with Crippen LogP contribution in [0.25, 0.3) is 0 Å². The van der Waals surface area contributed by atoms with E-state index in [1.165, 1.54) is 0 Å². The molecule has 1 rings (SSSR count). The van der Waals surface area contributed by atoms with Crippen LogP contribution in [0.2, 0.25) is 0 Å². The van der Waals surface area contributed by atoms with Gasteiger partial charge in [0, 0.05) is 5.56 Å². The smallest absolute Gasteiger partial charge is 0.219 e. The molecule has 0 atom stereocenters. The molecule has 0 aliphatic carbocycles. The number of hydrogen-bond donors (Lipinski definition) is 2. The molecular formula is C7H6N2O2. The number of aromatic amines is 1. The second-order valence-electron chi connectivity index (χ2n) is 2.06. The summed E-state index contributed by atoms with van der Waals surface area (Å²) in [5.41, 5.74) is 0.870. The van der Waals surface area contributed by atoms with Gasteiger partial charge in [0.1, 0.15) is 0 Å². The Morgan fingerprint density at radius 1 is 1.73 bits per heavy atom. The Balaban J connectivity index is 3.39. The van der Waals surface area contributed by atoms with Crippen LogP contribution >= 0.6 is 0 Å². The maximum absolute atomic E-state index is 10.1. The monoisotopic (exact) mass is 150 g/mol. The van der Waals surface area contributed by atoms with Gasteiger partial charge in [-0.25, -0.2) is 0 Å². The largest absolute Gasteiger partial charge is 0.493 e. The number of nitrogens with one attached hydrogen (secondary N) is 1. The van der Waals surface area contributed by atoms with Crippen molar-refractivity contribution in [2.75, 3.05) is 0 Å². The van der Waals surface area contributed by atoms with Crippen LogP contribution in [0.5, 0.6) is 5.88 Å². The maximum atomic E-state index is 10.1. The zero-order valence-corrected chi connectivity index (χ0v) is 5.88. The SMILES string of the molecule is C#Cc1[nH]c(O)c(N=O)c1C. The highest BCUT2D eigenvalue weighted by Crippen LogP contribution is 2.31. The molecule has 0 saturated carbocycles. The molecule has 1 aromatic rings. The summed E-state index contributed by atoms with van der Waals surface area (Å²) in [6, 6.07) is 0. The van der Waals surface area contributed by atoms with Crippen molar-refractivity contribution in [1.82, 2.24) is 4.98 Å². The third-order valence-corrected chi connectivity index (χ3v) is 1.43. The minimum absolute atomic E-state index is 0.0158. The van der Waals surface area contributed by atoms with E-state index in [-0.39, 0.29) is 11.6 Å². The Morgan fingerprint density at radius 3 is 2.64 bits per heavy atom. The molecule has 0 aliphatic heterocycles. The van der Waals surface area contributed by atoms with Gasteiger partial charge < -0.3 is 10.1 Å². The Morgan fingerprint density at radius 2 is 2.36 bits per heavy atom. The molecule has 1 heterocycles. The van der Waals surface area contributed by atoms with Crippen LogP contribution in [0.4, 0.5) is 5.69 Å². The van der Waals surface area contributed by atoms with Gasteiger partial charge in [-0.2, -0.15) is 0 Å². The van der Waals surface area contributed by atoms with Gasteiger partial charge in [0.2, 0.25) is 5.88 Å². The van der Waals surface area contributed by atoms with Crippen molar-refractivity contribution in [1.29, 1.82) is 0 Å². The molecule has 0 bridgehead atoms. The van der Waals surface area contributed by atoms with Crippen LogP contribution in [0.3, 0.4) is 0 Å². The van der Waals surface area contributed by atoms with Gasteiger partial charge in [0.15, 0.2) is 5.69 Å². The highest BCUT2D eigenvalue weighted by molar-refractivity contribution is 5.60. The van der Waals surface area contributed by atoms with Crippen molar-refractivity contribution < 1.29 is 5.11 Å². The van der Waals surface area contributed by atoms with Gasteiger partial charge in [0.05, 0.1) is 5.69 Å². The minimum Gasteiger partial charge on any atom is -0.493 e. The van der Waals surface area contributed by atoms with Gasteiger partial charge >= 0.3 is 0 Å². The second-order valence-corrected chi connectivity index (χ2v) is 2.06. The number of rotatable bonds is 1. The van der Waals surface area contributed by atoms with Gasteiger partial charge in [-0.1, -0.05) is 5.92 Å². The second kappa shape index (κ2) is 2.46. The molecular weight excluding hydrogens is 144 g/mol. The molecule has 0 radical (unpaired) electrons. The van der Waals surface area contributed by atoms with Crippen LogP contribution in [0, 0.1) is 24.2 Å². The van der Waals surface area contributed by atoms with Gasteiger partial charge in [-0.15, -0.1) is 11.3 Å². The van der Waals surface area contributed by atoms with Crippen molar-refractivity contribution in [3.63, 3.8) is 0 Å². The van der Waals surface area contributed by atoms with E-state index in [0.717, 1.165) is 0 Å². The van der Waals surface area contributed by atoms with E-state index in [9.17, 15) is 4.91 Å². The van der Waals surface area contributed by atoms with Crippen molar-refractivity contribution in [2.24, 2.45) is 5.18 Å². The highest BCUT2D eigenvalue weighted by Gasteiger charge is 2.11. The lowest BCUT2D eigenvalue weighted by molar-refractivity contribution is 0.458. The van der Waals surface area contributed by atoms with Crippen LogP contribution in [-0.2, 0) is 0 Å². The van der Waals surface area contributed by atoms with E-state index >= 15 is 0 Å². The van der Waals surface area contributed by atoms with E-state index in [2.05, 4.69) is 16.1 Å². The molecule has 0 amide bonds. The van der Waals surface area contributed by atoms with E-state index in [0.29, 0.717) is 11.3 Å². The molecule has 1 aromatic heterocycles. The standard InChI is InChI=1S/C7H6N2O2/c1-3-5-4(2)6(9-11)7(10)8-5/h1,8,10H,2H3. The number of terminal acetylenes is 1. The summed E-state index contributed by atoms with van der Waals surface area (Å²) in [7, 11) is 0. The van der Waals surface area contributed by atoms with Crippen LogP contribution in [-0.4, -0.2) is 10.1 Å². The number of H-pyrrole nitrogens is 1. The predicted octanol–water partition coefficient (Wildman–Crippen LogP) is 1.41. The highest BCUT2D eigenvalue weighted by atomic mass is 16.3. The topological polar surface area (TPSA) is 65.4 Å². The summed E-state index contributed by atoms with van der Waals surface area (Å²) in [6.07, 6.45) is 5.05. The number of aromatic nitrogens is 1. The maximum Gasteiger partial charge on any atom is 0.219 e. The molecule has 4 nitrogen and oxygen atoms in total. The Kier molecular flexibility index (Phi) is 1.65. The van der Waals surface area contributed by atoms with Crippen LogP contribution in [0.15, 0.2) is 5.18 Å². The summed E-state index contributed by atoms with van der Waals surface area (Å²) in [5.74, 6) is 2.00. The van der Waals surface area contributed by atoms with Crippen molar-refractivity contribution in [3.8, 4) is 18.2 Å². The predicted molar refractivity (Wildman–Crippen MR) is 40.6 cm³/mol. The van der Waals surface area contributed by atoms with Crippen molar-refractivity contribution >= 4 is 5.69 Å². The third-order valence-electron chi connectivity index (χ3n) is 1.43. The van der Waals surface area contributed by atoms with Crippen molar-refractivity contribution in [2.45, 2.75) is 6.92 Å². The van der Waals surface area contributed by atoms with E-state index in [1.54, 1.807) is 6.92 Å². The Bertz CT molecular complexity index is 333. The number of nitrogens with zero attached hydrogens (tertiary/aromatic N) is 1. The fourth-order valence-corrected chi connectivity index (χ4v) is 0.823. The van der Waals surface area contributed by atoms with Crippen LogP contribution < -0.4 is 0 Å². The first kappa shape index (κ1) is 7.35. The van der Waals surface area contributed by atoms with E-state index in [1.807, 2.05) is 0 Å². The molecule has 0 spiro atoms. The first-order valence-corrected chi connectivity index (χ1v) is 2.92. The Hall–Kier alpha value is -1.76. The lowest BCUT2D eigenvalue weighted by Crippen LogP contribution is -1.74. The molecule has 4 heteroatoms. The molecule has 2 N–H and O–H groups in total. The molecule has 0 unspecified atom stereocenters. The fourth-order valence-electron chi connectivity index (χ4n) is 0.823. The average molecular weight is 150 g/mol. The zero-order valence-electron chi connectivity index (χ0n) is 5.88. The number of aromatic hydroxyl groups is 1. The first-order chi connectivity index (χ1) is 5.20. The van der Waals surface area contributed by atoms with Gasteiger partial charge in [-0.05, 0) is 12.1 Å². The van der Waals surface area contributed by atoms with Gasteiger partial charge in [-0.3, -0.25) is 0 Å². The van der Waals surface area contributed by atoms with Crippen LogP contribution in [0.1, 0.15) is 11.3 Å². The molecule has 0 fully saturated rings. The lowest BCUT2D eigenvalue weighted by atomic mass is 10.2. The average Bonchev–Trinajstić information content (AvgIpc) is 2.26. The Labute approximate surface area is 63.2 Å². The molecule has 0 saturated heterocycles. The fraction of sp³-hybridized carbons (Fsp3) is 0.143. The summed E-state index contributed by atoms with van der Waals surface area (Å²) in [6.45, 7) is 1.61. The lowest BCUT2D eigenvalue weighted by Gasteiger charge is -1.84. The normalized spacial score (nSPS) is 9.09. The molecule has 0 aliphatic rings. The number of nitroso groups, excluding NO2 is 1. The summed E-state index contributed by atoms with van der Waals surface area (Å²) < 4.78 is 0. The molecule has 11 heavy (non-hydrogen) atoms. The minimum atomic E-state index is -0.273. The third kappa shape index (κ3) is 0.964. The van der Waals surface area contributed by atoms with E-state index < -0.39 is 0 Å². The summed E-state index contributed by atoms with van der Waals surface area (Å²) >= 11 is 0. The zero-order chi connectivity index (χ0) is 8.43. The van der Waals surface area contributed by atoms with E-state index in [4.69, 9.17) is 11.5 Å². The quantitative estimate of drug-likeness (QED) is 0.469. The molecule has 0 aromatic carbocycles. The van der Waals surface area contributed by atoms with Gasteiger partial charge in [0.25, 0.3) is 0 Å². The molecule has 56 valence electrons. The summed E-state index contributed by atoms with van der Waals surface area (Å²) in [5, 5.41) is 11.6. The summed E-state index contributed by atoms with van der Waals surface area (Å²) in [4.78, 5) is 12.5. The number of hydrogen-bond acceptors (Lipinski definition) is 3.